The van der Waals surface area contributed by atoms with Crippen LogP contribution >= 0.6 is 11.3 Å². The summed E-state index contributed by atoms with van der Waals surface area (Å²) in [6.45, 7) is 2.58. The Morgan fingerprint density at radius 1 is 1.59 bits per heavy atom. The number of hydrogen-bond acceptors (Lipinski definition) is 3. The van der Waals surface area contributed by atoms with Gasteiger partial charge < -0.3 is 10.0 Å². The topological polar surface area (TPSA) is 57.6 Å². The van der Waals surface area contributed by atoms with Crippen LogP contribution in [0.25, 0.3) is 0 Å². The largest absolute Gasteiger partial charge is 0.481 e. The molecule has 1 atom stereocenters. The molecule has 92 valence electrons. The fourth-order valence-corrected chi connectivity index (χ4v) is 2.72. The lowest BCUT2D eigenvalue weighted by molar-refractivity contribution is -0.147. The van der Waals surface area contributed by atoms with Gasteiger partial charge in [0.05, 0.1) is 11.8 Å². The van der Waals surface area contributed by atoms with Crippen LogP contribution in [0.4, 0.5) is 0 Å². The van der Waals surface area contributed by atoms with Gasteiger partial charge in [0.1, 0.15) is 0 Å². The highest BCUT2D eigenvalue weighted by atomic mass is 32.1. The van der Waals surface area contributed by atoms with Crippen LogP contribution in [0.1, 0.15) is 18.2 Å². The van der Waals surface area contributed by atoms with E-state index in [1.807, 2.05) is 17.5 Å². The maximum absolute atomic E-state index is 12.0. The summed E-state index contributed by atoms with van der Waals surface area (Å²) in [7, 11) is 0. The Balaban J connectivity index is 1.97. The van der Waals surface area contributed by atoms with Gasteiger partial charge in [0.2, 0.25) is 5.91 Å². The Morgan fingerprint density at radius 3 is 2.88 bits per heavy atom. The highest BCUT2D eigenvalue weighted by molar-refractivity contribution is 7.10. The van der Waals surface area contributed by atoms with E-state index in [-0.39, 0.29) is 5.91 Å². The van der Waals surface area contributed by atoms with Crippen molar-refractivity contribution in [2.45, 2.75) is 19.8 Å². The third kappa shape index (κ3) is 2.49. The lowest BCUT2D eigenvalue weighted by Crippen LogP contribution is -2.35. The summed E-state index contributed by atoms with van der Waals surface area (Å²) >= 11 is 1.55. The van der Waals surface area contributed by atoms with Gasteiger partial charge in [-0.15, -0.1) is 11.3 Å². The van der Waals surface area contributed by atoms with Crippen molar-refractivity contribution in [3.05, 3.63) is 22.4 Å². The van der Waals surface area contributed by atoms with Gasteiger partial charge in [-0.05, 0) is 24.8 Å². The van der Waals surface area contributed by atoms with E-state index in [0.717, 1.165) is 4.88 Å². The zero-order valence-corrected chi connectivity index (χ0v) is 10.5. The first-order valence-electron chi connectivity index (χ1n) is 5.55. The average molecular weight is 253 g/mol. The van der Waals surface area contributed by atoms with E-state index in [2.05, 4.69) is 0 Å². The van der Waals surface area contributed by atoms with Gasteiger partial charge in [-0.25, -0.2) is 0 Å². The summed E-state index contributed by atoms with van der Waals surface area (Å²) < 4.78 is 0. The smallest absolute Gasteiger partial charge is 0.311 e. The monoisotopic (exact) mass is 253 g/mol. The standard InChI is InChI=1S/C12H15NO3S/c1-12(11(15)16)4-5-13(8-12)10(14)7-9-3-2-6-17-9/h2-3,6H,4-5,7-8H2,1H3,(H,15,16). The van der Waals surface area contributed by atoms with Gasteiger partial charge in [0.25, 0.3) is 0 Å². The Hall–Kier alpha value is -1.36. The Labute approximate surface area is 104 Å². The summed E-state index contributed by atoms with van der Waals surface area (Å²) in [5, 5.41) is 11.0. The van der Waals surface area contributed by atoms with Gasteiger partial charge in [0, 0.05) is 18.0 Å². The van der Waals surface area contributed by atoms with E-state index >= 15 is 0 Å². The van der Waals surface area contributed by atoms with Crippen molar-refractivity contribution in [1.29, 1.82) is 0 Å². The number of carboxylic acids is 1. The van der Waals surface area contributed by atoms with Crippen LogP contribution in [0.2, 0.25) is 0 Å². The number of nitrogens with zero attached hydrogens (tertiary/aromatic N) is 1. The van der Waals surface area contributed by atoms with E-state index in [1.165, 1.54) is 0 Å². The van der Waals surface area contributed by atoms with E-state index in [1.54, 1.807) is 23.2 Å². The molecular formula is C12H15NO3S. The molecule has 0 radical (unpaired) electrons. The zero-order valence-electron chi connectivity index (χ0n) is 9.68. The number of amides is 1. The molecule has 4 nitrogen and oxygen atoms in total. The third-order valence-corrected chi connectivity index (χ3v) is 4.12. The molecule has 1 aromatic rings. The summed E-state index contributed by atoms with van der Waals surface area (Å²) in [6.07, 6.45) is 0.922. The second-order valence-corrected chi connectivity index (χ2v) is 5.72. The highest BCUT2D eigenvalue weighted by Gasteiger charge is 2.41. The number of thiophene rings is 1. The molecular weight excluding hydrogens is 238 g/mol. The molecule has 0 aliphatic carbocycles. The molecule has 2 rings (SSSR count). The minimum atomic E-state index is -0.816. The molecule has 0 aromatic carbocycles. The lowest BCUT2D eigenvalue weighted by atomic mass is 9.90. The minimum absolute atomic E-state index is 0.0254. The molecule has 1 aromatic heterocycles. The number of hydrogen-bond donors (Lipinski definition) is 1. The van der Waals surface area contributed by atoms with Crippen molar-refractivity contribution in [2.24, 2.45) is 5.41 Å². The van der Waals surface area contributed by atoms with Crippen LogP contribution in [-0.4, -0.2) is 35.0 Å². The first-order chi connectivity index (χ1) is 8.01. The molecule has 0 spiro atoms. The molecule has 1 aliphatic rings. The SMILES string of the molecule is CC1(C(=O)O)CCN(C(=O)Cc2cccs2)C1. The molecule has 1 saturated heterocycles. The van der Waals surface area contributed by atoms with Gasteiger partial charge in [-0.1, -0.05) is 6.07 Å². The Bertz CT molecular complexity index is 429. The molecule has 1 aliphatic heterocycles. The van der Waals surface area contributed by atoms with Gasteiger partial charge in [0.15, 0.2) is 0 Å². The molecule has 1 amide bonds. The molecule has 5 heteroatoms. The van der Waals surface area contributed by atoms with Gasteiger partial charge in [-0.2, -0.15) is 0 Å². The molecule has 0 saturated carbocycles. The van der Waals surface area contributed by atoms with Gasteiger partial charge >= 0.3 is 5.97 Å². The predicted octanol–water partition coefficient (Wildman–Crippen LogP) is 1.61. The molecule has 1 fully saturated rings. The fraction of sp³-hybridized carbons (Fsp3) is 0.500. The lowest BCUT2D eigenvalue weighted by Gasteiger charge is -2.19. The van der Waals surface area contributed by atoms with Crippen LogP contribution < -0.4 is 0 Å². The molecule has 17 heavy (non-hydrogen) atoms. The minimum Gasteiger partial charge on any atom is -0.481 e. The predicted molar refractivity (Wildman–Crippen MR) is 65.0 cm³/mol. The van der Waals surface area contributed by atoms with E-state index in [9.17, 15) is 9.59 Å². The number of aliphatic carboxylic acids is 1. The Kier molecular flexibility index (Phi) is 3.19. The van der Waals surface area contributed by atoms with Crippen LogP contribution in [0.5, 0.6) is 0 Å². The Morgan fingerprint density at radius 2 is 2.35 bits per heavy atom. The van der Waals surface area contributed by atoms with Crippen LogP contribution in [0, 0.1) is 5.41 Å². The summed E-state index contributed by atoms with van der Waals surface area (Å²) in [6, 6.07) is 3.84. The average Bonchev–Trinajstić information content (AvgIpc) is 2.88. The van der Waals surface area contributed by atoms with Crippen molar-refractivity contribution in [3.8, 4) is 0 Å². The summed E-state index contributed by atoms with van der Waals surface area (Å²) in [5.74, 6) is -0.790. The second-order valence-electron chi connectivity index (χ2n) is 4.69. The third-order valence-electron chi connectivity index (χ3n) is 3.25. The van der Waals surface area contributed by atoms with Crippen LogP contribution in [0.15, 0.2) is 17.5 Å². The number of carboxylic acid groups (broad SMARTS) is 1. The highest BCUT2D eigenvalue weighted by Crippen LogP contribution is 2.30. The van der Waals surface area contributed by atoms with E-state index in [0.29, 0.717) is 25.9 Å². The van der Waals surface area contributed by atoms with Crippen LogP contribution in [0.3, 0.4) is 0 Å². The number of carbonyl (C=O) groups excluding carboxylic acids is 1. The van der Waals surface area contributed by atoms with Crippen molar-refractivity contribution >= 4 is 23.2 Å². The fourth-order valence-electron chi connectivity index (χ4n) is 2.02. The number of rotatable bonds is 3. The van der Waals surface area contributed by atoms with Crippen molar-refractivity contribution in [3.63, 3.8) is 0 Å². The number of likely N-dealkylation sites (tertiary alicyclic amines) is 1. The normalized spacial score (nSPS) is 23.9. The first kappa shape index (κ1) is 12.1. The quantitative estimate of drug-likeness (QED) is 0.890. The summed E-state index contributed by atoms with van der Waals surface area (Å²) in [4.78, 5) is 25.7. The molecule has 2 heterocycles. The van der Waals surface area contributed by atoms with E-state index < -0.39 is 11.4 Å². The van der Waals surface area contributed by atoms with Crippen molar-refractivity contribution in [2.75, 3.05) is 13.1 Å². The zero-order chi connectivity index (χ0) is 12.5. The molecule has 1 N–H and O–H groups in total. The maximum atomic E-state index is 12.0. The van der Waals surface area contributed by atoms with Crippen LogP contribution in [-0.2, 0) is 16.0 Å². The maximum Gasteiger partial charge on any atom is 0.311 e. The second kappa shape index (κ2) is 4.49. The molecule has 0 bridgehead atoms. The van der Waals surface area contributed by atoms with Crippen molar-refractivity contribution in [1.82, 2.24) is 4.90 Å². The summed E-state index contributed by atoms with van der Waals surface area (Å²) in [5.41, 5.74) is -0.773. The first-order valence-corrected chi connectivity index (χ1v) is 6.43. The van der Waals surface area contributed by atoms with E-state index in [4.69, 9.17) is 5.11 Å². The van der Waals surface area contributed by atoms with Crippen molar-refractivity contribution < 1.29 is 14.7 Å². The number of carbonyl (C=O) groups is 2. The molecule has 1 unspecified atom stereocenters. The van der Waals surface area contributed by atoms with Gasteiger partial charge in [-0.3, -0.25) is 9.59 Å².